The number of carbonyl (C=O) groups is 1. The normalized spacial score (nSPS) is 11.6. The van der Waals surface area contributed by atoms with Crippen LogP contribution in [0.1, 0.15) is 24.1 Å². The zero-order chi connectivity index (χ0) is 17.7. The van der Waals surface area contributed by atoms with Crippen molar-refractivity contribution >= 4 is 17.3 Å². The average molecular weight is 331 g/mol. The molecule has 0 heterocycles. The molecule has 0 saturated carbocycles. The number of nitrogens with one attached hydrogen (secondary N) is 2. The number of amides is 1. The molecule has 0 bridgehead atoms. The first-order valence-electron chi connectivity index (χ1n) is 7.41. The van der Waals surface area contributed by atoms with Gasteiger partial charge in [0.2, 0.25) is 5.91 Å². The van der Waals surface area contributed by atoms with Crippen LogP contribution in [-0.2, 0) is 4.79 Å². The molecule has 6 nitrogen and oxygen atoms in total. The number of nitro groups is 1. The van der Waals surface area contributed by atoms with Gasteiger partial charge in [-0.25, -0.2) is 4.39 Å². The van der Waals surface area contributed by atoms with Crippen LogP contribution in [0, 0.1) is 22.9 Å². The number of nitrogens with zero attached hydrogens (tertiary/aromatic N) is 1. The van der Waals surface area contributed by atoms with E-state index in [2.05, 4.69) is 10.6 Å². The molecular formula is C17H18FN3O3. The Balaban J connectivity index is 1.95. The fourth-order valence-corrected chi connectivity index (χ4v) is 2.32. The van der Waals surface area contributed by atoms with Gasteiger partial charge in [0.05, 0.1) is 17.5 Å². The van der Waals surface area contributed by atoms with Gasteiger partial charge in [-0.05, 0) is 37.6 Å². The molecule has 2 rings (SSSR count). The van der Waals surface area contributed by atoms with Gasteiger partial charge in [-0.2, -0.15) is 0 Å². The number of nitro benzene ring substituents is 1. The van der Waals surface area contributed by atoms with Crippen molar-refractivity contribution < 1.29 is 14.1 Å². The van der Waals surface area contributed by atoms with Gasteiger partial charge in [0, 0.05) is 17.3 Å². The van der Waals surface area contributed by atoms with Crippen molar-refractivity contribution in [2.24, 2.45) is 0 Å². The van der Waals surface area contributed by atoms with Crippen molar-refractivity contribution in [3.63, 3.8) is 0 Å². The van der Waals surface area contributed by atoms with Gasteiger partial charge in [-0.15, -0.1) is 0 Å². The van der Waals surface area contributed by atoms with Crippen LogP contribution in [-0.4, -0.2) is 17.4 Å². The van der Waals surface area contributed by atoms with E-state index in [9.17, 15) is 19.3 Å². The Hall–Kier alpha value is -2.96. The lowest BCUT2D eigenvalue weighted by Crippen LogP contribution is -2.32. The molecule has 2 N–H and O–H groups in total. The number of carbonyl (C=O) groups excluding carboxylic acids is 1. The van der Waals surface area contributed by atoms with E-state index in [1.165, 1.54) is 18.2 Å². The summed E-state index contributed by atoms with van der Waals surface area (Å²) in [6, 6.07) is 10.3. The number of rotatable bonds is 6. The summed E-state index contributed by atoms with van der Waals surface area (Å²) in [5.41, 5.74) is 1.80. The second kappa shape index (κ2) is 7.54. The molecular weight excluding hydrogens is 313 g/mol. The largest absolute Gasteiger partial charge is 0.376 e. The first kappa shape index (κ1) is 17.4. The minimum absolute atomic E-state index is 0.0000819. The van der Waals surface area contributed by atoms with E-state index in [1.54, 1.807) is 38.1 Å². The van der Waals surface area contributed by atoms with Crippen molar-refractivity contribution in [2.45, 2.75) is 19.9 Å². The third kappa shape index (κ3) is 4.28. The molecule has 0 spiro atoms. The van der Waals surface area contributed by atoms with Crippen LogP contribution >= 0.6 is 0 Å². The molecule has 2 aromatic rings. The molecule has 0 aliphatic heterocycles. The summed E-state index contributed by atoms with van der Waals surface area (Å²) in [4.78, 5) is 22.5. The molecule has 1 unspecified atom stereocenters. The quantitative estimate of drug-likeness (QED) is 0.628. The van der Waals surface area contributed by atoms with Crippen LogP contribution in [0.4, 0.5) is 15.8 Å². The molecule has 1 amide bonds. The summed E-state index contributed by atoms with van der Waals surface area (Å²) < 4.78 is 12.9. The van der Waals surface area contributed by atoms with E-state index >= 15 is 0 Å². The fraction of sp³-hybridized carbons (Fsp3) is 0.235. The monoisotopic (exact) mass is 331 g/mol. The molecule has 0 fully saturated rings. The Morgan fingerprint density at radius 2 is 1.92 bits per heavy atom. The van der Waals surface area contributed by atoms with E-state index in [0.29, 0.717) is 11.3 Å². The molecule has 0 aliphatic rings. The molecule has 7 heteroatoms. The first-order chi connectivity index (χ1) is 11.4. The summed E-state index contributed by atoms with van der Waals surface area (Å²) in [6.45, 7) is 3.40. The van der Waals surface area contributed by atoms with E-state index in [1.807, 2.05) is 0 Å². The van der Waals surface area contributed by atoms with Gasteiger partial charge in [0.25, 0.3) is 5.69 Å². The number of hydrogen-bond acceptors (Lipinski definition) is 4. The standard InChI is InChI=1S/C17H18FN3O3/c1-11-15(4-3-5-16(11)21(23)24)19-10-17(22)20-12(2)13-6-8-14(18)9-7-13/h3-9,12,19H,10H2,1-2H3,(H,20,22). The highest BCUT2D eigenvalue weighted by atomic mass is 19.1. The van der Waals surface area contributed by atoms with E-state index in [0.717, 1.165) is 5.56 Å². The van der Waals surface area contributed by atoms with Crippen LogP contribution in [0.3, 0.4) is 0 Å². The average Bonchev–Trinajstić information content (AvgIpc) is 2.54. The van der Waals surface area contributed by atoms with Gasteiger partial charge >= 0.3 is 0 Å². The van der Waals surface area contributed by atoms with Crippen LogP contribution in [0.5, 0.6) is 0 Å². The third-order valence-corrected chi connectivity index (χ3v) is 3.69. The molecule has 1 atom stereocenters. The highest BCUT2D eigenvalue weighted by molar-refractivity contribution is 5.81. The summed E-state index contributed by atoms with van der Waals surface area (Å²) >= 11 is 0. The molecule has 0 radical (unpaired) electrons. The summed E-state index contributed by atoms with van der Waals surface area (Å²) in [5.74, 6) is -0.599. The van der Waals surface area contributed by atoms with Crippen molar-refractivity contribution in [2.75, 3.05) is 11.9 Å². The van der Waals surface area contributed by atoms with Gasteiger partial charge in [0.1, 0.15) is 5.82 Å². The van der Waals surface area contributed by atoms with Crippen LogP contribution < -0.4 is 10.6 Å². The van der Waals surface area contributed by atoms with Crippen molar-refractivity contribution in [3.05, 3.63) is 69.5 Å². The van der Waals surface area contributed by atoms with Crippen LogP contribution in [0.25, 0.3) is 0 Å². The number of hydrogen-bond donors (Lipinski definition) is 2. The Labute approximate surface area is 138 Å². The lowest BCUT2D eigenvalue weighted by Gasteiger charge is -2.15. The van der Waals surface area contributed by atoms with E-state index < -0.39 is 4.92 Å². The van der Waals surface area contributed by atoms with E-state index in [4.69, 9.17) is 0 Å². The summed E-state index contributed by atoms with van der Waals surface area (Å²) in [5, 5.41) is 16.6. The summed E-state index contributed by atoms with van der Waals surface area (Å²) in [6.07, 6.45) is 0. The first-order valence-corrected chi connectivity index (χ1v) is 7.41. The van der Waals surface area contributed by atoms with Crippen molar-refractivity contribution in [1.29, 1.82) is 0 Å². The Kier molecular flexibility index (Phi) is 5.47. The van der Waals surface area contributed by atoms with Gasteiger partial charge < -0.3 is 10.6 Å². The van der Waals surface area contributed by atoms with Crippen LogP contribution in [0.2, 0.25) is 0 Å². The van der Waals surface area contributed by atoms with E-state index in [-0.39, 0.29) is 30.0 Å². The van der Waals surface area contributed by atoms with Crippen molar-refractivity contribution in [1.82, 2.24) is 5.32 Å². The number of benzene rings is 2. The fourth-order valence-electron chi connectivity index (χ4n) is 2.32. The molecule has 2 aromatic carbocycles. The lowest BCUT2D eigenvalue weighted by atomic mass is 10.1. The predicted octanol–water partition coefficient (Wildman–Crippen LogP) is 3.33. The molecule has 0 aliphatic carbocycles. The maximum Gasteiger partial charge on any atom is 0.274 e. The maximum atomic E-state index is 12.9. The van der Waals surface area contributed by atoms with Gasteiger partial charge in [-0.3, -0.25) is 14.9 Å². The highest BCUT2D eigenvalue weighted by Gasteiger charge is 2.14. The third-order valence-electron chi connectivity index (χ3n) is 3.69. The minimum atomic E-state index is -0.461. The van der Waals surface area contributed by atoms with Gasteiger partial charge in [0.15, 0.2) is 0 Å². The topological polar surface area (TPSA) is 84.3 Å². The van der Waals surface area contributed by atoms with Crippen LogP contribution in [0.15, 0.2) is 42.5 Å². The predicted molar refractivity (Wildman–Crippen MR) is 89.3 cm³/mol. The highest BCUT2D eigenvalue weighted by Crippen LogP contribution is 2.24. The Bertz CT molecular complexity index is 747. The molecule has 24 heavy (non-hydrogen) atoms. The van der Waals surface area contributed by atoms with Crippen molar-refractivity contribution in [3.8, 4) is 0 Å². The Morgan fingerprint density at radius 3 is 2.54 bits per heavy atom. The Morgan fingerprint density at radius 1 is 1.25 bits per heavy atom. The minimum Gasteiger partial charge on any atom is -0.376 e. The molecule has 0 aromatic heterocycles. The zero-order valence-electron chi connectivity index (χ0n) is 13.4. The molecule has 126 valence electrons. The van der Waals surface area contributed by atoms with Gasteiger partial charge in [-0.1, -0.05) is 18.2 Å². The number of anilines is 1. The lowest BCUT2D eigenvalue weighted by molar-refractivity contribution is -0.385. The zero-order valence-corrected chi connectivity index (χ0v) is 13.4. The molecule has 0 saturated heterocycles. The second-order valence-corrected chi connectivity index (χ2v) is 5.40. The number of halogens is 1. The smallest absolute Gasteiger partial charge is 0.274 e. The maximum absolute atomic E-state index is 12.9. The SMILES string of the molecule is Cc1c(NCC(=O)NC(C)c2ccc(F)cc2)cccc1[N+](=O)[O-]. The second-order valence-electron chi connectivity index (χ2n) is 5.40. The summed E-state index contributed by atoms with van der Waals surface area (Å²) in [7, 11) is 0.